The molecule has 476 valence electrons. The largest absolute Gasteiger partial charge is 0.505 e. The zero-order chi connectivity index (χ0) is 65.7. The molecule has 0 radical (unpaired) electrons. The first-order valence-electron chi connectivity index (χ1n) is 26.7. The molecule has 9 rings (SSSR count). The van der Waals surface area contributed by atoms with Crippen molar-refractivity contribution in [2.75, 3.05) is 31.8 Å². The number of aliphatic carboxylic acids is 1. The van der Waals surface area contributed by atoms with E-state index >= 15 is 0 Å². The highest BCUT2D eigenvalue weighted by Gasteiger charge is 2.51. The highest BCUT2D eigenvalue weighted by atomic mass is 79.9. The molecule has 28 heteroatoms. The summed E-state index contributed by atoms with van der Waals surface area (Å²) in [5, 5.41) is 20.9. The van der Waals surface area contributed by atoms with Crippen LogP contribution in [0.25, 0.3) is 0 Å². The maximum atomic E-state index is 13.4. The molecule has 0 atom stereocenters. The number of phenols is 1. The monoisotopic (exact) mass is 1460 g/mol. The minimum absolute atomic E-state index is 0.00573. The Balaban J connectivity index is 0.000000206. The number of benzene rings is 6. The minimum atomic E-state index is -4.33. The molecular formula is C61H60BrCl6N3O15S3. The highest BCUT2D eigenvalue weighted by molar-refractivity contribution is 9.09. The topological polar surface area (TPSA) is 267 Å². The van der Waals surface area contributed by atoms with Gasteiger partial charge >= 0.3 is 17.9 Å². The van der Waals surface area contributed by atoms with Crippen molar-refractivity contribution >= 4 is 134 Å². The van der Waals surface area contributed by atoms with Crippen LogP contribution in [0.1, 0.15) is 47.2 Å². The third-order valence-electron chi connectivity index (χ3n) is 13.6. The number of carboxylic acid groups (broad SMARTS) is 1. The molecule has 0 aromatic heterocycles. The van der Waals surface area contributed by atoms with Gasteiger partial charge in [-0.1, -0.05) is 190 Å². The summed E-state index contributed by atoms with van der Waals surface area (Å²) in [5.41, 5.74) is 0.291. The number of alkyl halides is 1. The van der Waals surface area contributed by atoms with Crippen LogP contribution in [0.3, 0.4) is 0 Å². The first-order valence-corrected chi connectivity index (χ1v) is 34.5. The van der Waals surface area contributed by atoms with Gasteiger partial charge in [0, 0.05) is 58.9 Å². The summed E-state index contributed by atoms with van der Waals surface area (Å²) >= 11 is 39.2. The van der Waals surface area contributed by atoms with Crippen LogP contribution in [0.15, 0.2) is 162 Å². The van der Waals surface area contributed by atoms with E-state index in [2.05, 4.69) is 49.8 Å². The zero-order valence-electron chi connectivity index (χ0n) is 47.6. The number of carbonyl (C=O) groups is 3. The lowest BCUT2D eigenvalue weighted by Crippen LogP contribution is -2.56. The minimum Gasteiger partial charge on any atom is -0.505 e. The van der Waals surface area contributed by atoms with Crippen molar-refractivity contribution in [2.24, 2.45) is 0 Å². The van der Waals surface area contributed by atoms with Gasteiger partial charge < -0.3 is 29.2 Å². The predicted molar refractivity (Wildman–Crippen MR) is 348 cm³/mol. The number of carboxylic acids is 1. The van der Waals surface area contributed by atoms with Gasteiger partial charge in [0.15, 0.2) is 17.2 Å². The molecule has 0 aliphatic heterocycles. The molecule has 0 fully saturated rings. The molecule has 0 saturated carbocycles. The second-order valence-corrected chi connectivity index (χ2v) is 28.1. The quantitative estimate of drug-likeness (QED) is 0.0255. The lowest BCUT2D eigenvalue weighted by Gasteiger charge is -2.28. The summed E-state index contributed by atoms with van der Waals surface area (Å²) in [6, 6.07) is 29.3. The van der Waals surface area contributed by atoms with Gasteiger partial charge in [-0.3, -0.25) is 4.79 Å². The Bertz CT molecular complexity index is 3950. The number of esters is 2. The molecular weight excluding hydrogens is 1400 g/mol. The summed E-state index contributed by atoms with van der Waals surface area (Å²) in [6.45, 7) is 14.1. The normalized spacial score (nSPS) is 14.7. The van der Waals surface area contributed by atoms with E-state index in [0.717, 1.165) is 44.8 Å². The summed E-state index contributed by atoms with van der Waals surface area (Å²) in [7, 11) is -12.9. The molecule has 0 amide bonds. The molecule has 3 aliphatic carbocycles. The molecule has 0 unspecified atom stereocenters. The van der Waals surface area contributed by atoms with Gasteiger partial charge in [-0.15, -0.1) is 6.58 Å². The van der Waals surface area contributed by atoms with Crippen molar-refractivity contribution in [1.82, 2.24) is 14.2 Å². The number of carbonyl (C=O) groups excluding carboxylic acids is 2. The summed E-state index contributed by atoms with van der Waals surface area (Å²) in [6.07, 6.45) is 5.33. The van der Waals surface area contributed by atoms with Crippen LogP contribution in [0.2, 0.25) is 30.1 Å². The Morgan fingerprint density at radius 2 is 0.787 bits per heavy atom. The van der Waals surface area contributed by atoms with E-state index in [9.17, 15) is 49.9 Å². The Kier molecular flexibility index (Phi) is 25.3. The smallest absolute Gasteiger partial charge is 0.328 e. The van der Waals surface area contributed by atoms with Gasteiger partial charge in [-0.25, -0.2) is 34.8 Å². The fourth-order valence-corrected chi connectivity index (χ4v) is 16.4. The summed E-state index contributed by atoms with van der Waals surface area (Å²) in [4.78, 5) is 36.6. The van der Waals surface area contributed by atoms with Gasteiger partial charge in [0.05, 0.1) is 28.3 Å². The van der Waals surface area contributed by atoms with E-state index < -0.39 is 75.2 Å². The van der Waals surface area contributed by atoms with Gasteiger partial charge in [-0.05, 0) is 83.6 Å². The summed E-state index contributed by atoms with van der Waals surface area (Å²) in [5.74, 6) is -3.42. The maximum absolute atomic E-state index is 13.4. The average molecular weight is 1460 g/mol. The molecule has 3 aliphatic rings. The average Bonchev–Trinajstić information content (AvgIpc) is 1.89. The molecule has 0 bridgehead atoms. The van der Waals surface area contributed by atoms with Crippen LogP contribution in [0, 0.1) is 0 Å². The van der Waals surface area contributed by atoms with E-state index in [1.165, 1.54) is 42.5 Å². The van der Waals surface area contributed by atoms with Crippen molar-refractivity contribution in [2.45, 2.75) is 83.7 Å². The van der Waals surface area contributed by atoms with Crippen LogP contribution in [0.4, 0.5) is 0 Å². The molecule has 18 nitrogen and oxygen atoms in total. The fourth-order valence-electron chi connectivity index (χ4n) is 9.89. The Morgan fingerprint density at radius 3 is 1.08 bits per heavy atom. The van der Waals surface area contributed by atoms with Crippen molar-refractivity contribution in [3.63, 3.8) is 0 Å². The van der Waals surface area contributed by atoms with Gasteiger partial charge in [0.2, 0.25) is 30.1 Å². The third kappa shape index (κ3) is 17.5. The van der Waals surface area contributed by atoms with Crippen LogP contribution in [-0.2, 0) is 92.5 Å². The van der Waals surface area contributed by atoms with Gasteiger partial charge in [0.1, 0.15) is 44.5 Å². The zero-order valence-corrected chi connectivity index (χ0v) is 56.2. The predicted octanol–water partition coefficient (Wildman–Crippen LogP) is 12.0. The van der Waals surface area contributed by atoms with Crippen molar-refractivity contribution < 1.29 is 68.8 Å². The lowest BCUT2D eigenvalue weighted by atomic mass is 9.97. The number of aromatic hydroxyl groups is 1. The number of ether oxygens (including phenoxy) is 4. The number of fused-ring (bicyclic) bond motifs is 3. The Hall–Kier alpha value is -5.70. The fraction of sp³-hybridized carbons (Fsp3) is 0.262. The Morgan fingerprint density at radius 1 is 0.506 bits per heavy atom. The number of halogens is 7. The molecule has 89 heavy (non-hydrogen) atoms. The number of phenolic OH excluding ortho intramolecular Hbond substituents is 1. The first kappa shape index (κ1) is 72.4. The summed E-state index contributed by atoms with van der Waals surface area (Å²) < 4.78 is 108. The number of sulfonamides is 3. The molecule has 6 aromatic carbocycles. The standard InChI is InChI=1S/C21H21Cl2NO5S.C19H17Cl2NO5S.C18H17Cl2NO5S.C3H5Br/c1-3-9-29-19-17(23)10-16(22)11-18(19)30(26,27)24-21(20(25)28-4-2)12-14-7-5-6-8-15(14)13-21;1-2-7-27-17-15(21)8-14(20)9-16(17)28(25,26)22-19(18(23)24)10-12-5-3-4-6-13(12)11-19;1-2-26-17(23)18(9-11-5-3-4-6-12(11)10-18)21-27(24,25)15-8-13(19)7-14(20)16(15)22;1-2-3-4/h3,5-8,10-11,24H,1,4,9,12-13H2,2H3;2-6,8-9,22H,1,7,10-11H2,(H,23,24);3-8,21-22H,2,9-10H2,1H3;2H,1,3H2. The molecule has 0 spiro atoms. The van der Waals surface area contributed by atoms with Crippen molar-refractivity contribution in [3.05, 3.63) is 211 Å². The van der Waals surface area contributed by atoms with Crippen LogP contribution >= 0.6 is 85.5 Å². The first-order chi connectivity index (χ1) is 42.0. The second-order valence-electron chi connectivity index (χ2n) is 20.0. The van der Waals surface area contributed by atoms with E-state index in [0.29, 0.717) is 0 Å². The maximum Gasteiger partial charge on any atom is 0.328 e. The number of hydrogen-bond donors (Lipinski definition) is 5. The van der Waals surface area contributed by atoms with Crippen LogP contribution in [0.5, 0.6) is 17.2 Å². The lowest BCUT2D eigenvalue weighted by molar-refractivity contribution is -0.150. The number of allylic oxidation sites excluding steroid dienone is 1. The van der Waals surface area contributed by atoms with E-state index in [-0.39, 0.29) is 116 Å². The highest BCUT2D eigenvalue weighted by Crippen LogP contribution is 2.42. The van der Waals surface area contributed by atoms with Crippen LogP contribution < -0.4 is 23.6 Å². The van der Waals surface area contributed by atoms with Crippen molar-refractivity contribution in [1.29, 1.82) is 0 Å². The van der Waals surface area contributed by atoms with Gasteiger partial charge in [0.25, 0.3) is 0 Å². The molecule has 5 N–H and O–H groups in total. The van der Waals surface area contributed by atoms with Gasteiger partial charge in [-0.2, -0.15) is 14.2 Å². The van der Waals surface area contributed by atoms with Crippen LogP contribution in [-0.4, -0.2) is 102 Å². The third-order valence-corrected chi connectivity index (χ3v) is 20.2. The van der Waals surface area contributed by atoms with E-state index in [1.807, 2.05) is 48.5 Å². The van der Waals surface area contributed by atoms with E-state index in [4.69, 9.17) is 88.6 Å². The van der Waals surface area contributed by atoms with Crippen molar-refractivity contribution in [3.8, 4) is 17.2 Å². The molecule has 6 aromatic rings. The number of hydrogen-bond acceptors (Lipinski definition) is 14. The second kappa shape index (κ2) is 31.1. The number of rotatable bonds is 21. The Labute approximate surface area is 555 Å². The van der Waals surface area contributed by atoms with E-state index in [1.54, 1.807) is 44.2 Å². The SMILES string of the molecule is C=CCBr.C=CCOc1c(Cl)cc(Cl)cc1S(=O)(=O)NC1(C(=O)O)Cc2ccccc2C1.C=CCOc1c(Cl)cc(Cl)cc1S(=O)(=O)NC1(C(=O)OCC)Cc2ccccc2C1.CCOC(=O)C1(NS(=O)(=O)c2cc(Cl)cc(Cl)c2O)Cc2ccccc2C1. The number of nitrogens with one attached hydrogen (secondary N) is 3. The molecule has 0 saturated heterocycles. The molecule has 0 heterocycles.